The van der Waals surface area contributed by atoms with Crippen molar-refractivity contribution in [2.24, 2.45) is 0 Å². The second kappa shape index (κ2) is 3.35. The molecule has 0 spiro atoms. The summed E-state index contributed by atoms with van der Waals surface area (Å²) in [6, 6.07) is 2.39. The van der Waals surface area contributed by atoms with Crippen LogP contribution in [0.4, 0.5) is 0 Å². The van der Waals surface area contributed by atoms with Crippen LogP contribution in [0.3, 0.4) is 0 Å². The Labute approximate surface area is 75.3 Å². The zero-order valence-electron chi connectivity index (χ0n) is 8.21. The summed E-state index contributed by atoms with van der Waals surface area (Å²) >= 11 is 0. The highest BCUT2D eigenvalue weighted by atomic mass is 15.2. The van der Waals surface area contributed by atoms with E-state index in [0.29, 0.717) is 0 Å². The molecule has 0 saturated carbocycles. The van der Waals surface area contributed by atoms with Crippen LogP contribution in [-0.2, 0) is 0 Å². The monoisotopic (exact) mass is 168 g/mol. The lowest BCUT2D eigenvalue weighted by atomic mass is 9.97. The molecule has 2 bridgehead atoms. The van der Waals surface area contributed by atoms with Crippen LogP contribution < -0.4 is 5.32 Å². The Morgan fingerprint density at radius 1 is 1.25 bits per heavy atom. The van der Waals surface area contributed by atoms with Gasteiger partial charge in [0.1, 0.15) is 0 Å². The Morgan fingerprint density at radius 2 is 2.08 bits per heavy atom. The number of nitrogens with one attached hydrogen (secondary N) is 1. The predicted octanol–water partition coefficient (Wildman–Crippen LogP) is 1.22. The van der Waals surface area contributed by atoms with Crippen molar-refractivity contribution in [2.75, 3.05) is 13.1 Å². The third-order valence-electron chi connectivity index (χ3n) is 3.32. The van der Waals surface area contributed by atoms with Gasteiger partial charge >= 0.3 is 0 Å². The second-order valence-corrected chi connectivity index (χ2v) is 4.46. The van der Waals surface area contributed by atoms with Gasteiger partial charge in [0.05, 0.1) is 0 Å². The lowest BCUT2D eigenvalue weighted by Gasteiger charge is -2.39. The van der Waals surface area contributed by atoms with Crippen LogP contribution in [0.15, 0.2) is 0 Å². The van der Waals surface area contributed by atoms with E-state index in [1.807, 2.05) is 0 Å². The number of fused-ring (bicyclic) bond motifs is 4. The van der Waals surface area contributed by atoms with E-state index in [1.54, 1.807) is 0 Å². The predicted molar refractivity (Wildman–Crippen MR) is 51.3 cm³/mol. The molecule has 2 nitrogen and oxygen atoms in total. The standard InChI is InChI=1S/C10H20N2/c1-8(2)12-7-9-3-4-10(12)5-6-11-9/h8-11H,3-7H2,1-2H3. The van der Waals surface area contributed by atoms with Gasteiger partial charge in [0, 0.05) is 24.7 Å². The van der Waals surface area contributed by atoms with Crippen LogP contribution in [0.1, 0.15) is 33.1 Å². The summed E-state index contributed by atoms with van der Waals surface area (Å²) in [5.74, 6) is 0. The fourth-order valence-corrected chi connectivity index (χ4v) is 2.62. The summed E-state index contributed by atoms with van der Waals surface area (Å²) in [5.41, 5.74) is 0. The van der Waals surface area contributed by atoms with Gasteiger partial charge in [-0.1, -0.05) is 0 Å². The molecule has 1 N–H and O–H groups in total. The topological polar surface area (TPSA) is 15.3 Å². The first-order valence-electron chi connectivity index (χ1n) is 5.26. The molecular formula is C10H20N2. The molecule has 3 rings (SSSR count). The lowest BCUT2D eigenvalue weighted by Crippen LogP contribution is -2.48. The first kappa shape index (κ1) is 8.52. The van der Waals surface area contributed by atoms with Gasteiger partial charge in [-0.3, -0.25) is 4.90 Å². The molecule has 2 heteroatoms. The highest BCUT2D eigenvalue weighted by Gasteiger charge is 2.31. The molecule has 0 aliphatic carbocycles. The smallest absolute Gasteiger partial charge is 0.0195 e. The number of hydrogen-bond acceptors (Lipinski definition) is 2. The van der Waals surface area contributed by atoms with E-state index < -0.39 is 0 Å². The first-order chi connectivity index (χ1) is 5.77. The van der Waals surface area contributed by atoms with E-state index in [0.717, 1.165) is 18.1 Å². The van der Waals surface area contributed by atoms with E-state index in [2.05, 4.69) is 24.1 Å². The fraction of sp³-hybridized carbons (Fsp3) is 1.00. The van der Waals surface area contributed by atoms with E-state index in [9.17, 15) is 0 Å². The molecule has 3 saturated heterocycles. The van der Waals surface area contributed by atoms with Crippen molar-refractivity contribution in [1.29, 1.82) is 0 Å². The molecule has 3 aliphatic rings. The van der Waals surface area contributed by atoms with Crippen molar-refractivity contribution in [1.82, 2.24) is 10.2 Å². The SMILES string of the molecule is CC(C)N1CC2CCC1CCN2. The molecule has 0 aromatic rings. The van der Waals surface area contributed by atoms with E-state index in [4.69, 9.17) is 0 Å². The van der Waals surface area contributed by atoms with Gasteiger partial charge in [-0.2, -0.15) is 0 Å². The van der Waals surface area contributed by atoms with Gasteiger partial charge < -0.3 is 5.32 Å². The number of piperidine rings is 1. The van der Waals surface area contributed by atoms with Crippen molar-refractivity contribution in [2.45, 2.75) is 51.2 Å². The van der Waals surface area contributed by atoms with Gasteiger partial charge in [-0.15, -0.1) is 0 Å². The summed E-state index contributed by atoms with van der Waals surface area (Å²) in [5, 5.41) is 3.62. The summed E-state index contributed by atoms with van der Waals surface area (Å²) in [6.07, 6.45) is 4.17. The molecule has 0 amide bonds. The van der Waals surface area contributed by atoms with E-state index in [1.165, 1.54) is 32.4 Å². The summed E-state index contributed by atoms with van der Waals surface area (Å²) < 4.78 is 0. The highest BCUT2D eigenvalue weighted by molar-refractivity contribution is 4.90. The zero-order valence-corrected chi connectivity index (χ0v) is 8.21. The molecule has 12 heavy (non-hydrogen) atoms. The van der Waals surface area contributed by atoms with Crippen LogP contribution in [0.25, 0.3) is 0 Å². The average molecular weight is 168 g/mol. The fourth-order valence-electron chi connectivity index (χ4n) is 2.62. The van der Waals surface area contributed by atoms with Crippen molar-refractivity contribution < 1.29 is 0 Å². The maximum absolute atomic E-state index is 3.62. The van der Waals surface area contributed by atoms with Gasteiger partial charge in [0.2, 0.25) is 0 Å². The van der Waals surface area contributed by atoms with Crippen molar-refractivity contribution in [3.63, 3.8) is 0 Å². The van der Waals surface area contributed by atoms with Gasteiger partial charge in [0.15, 0.2) is 0 Å². The molecule has 70 valence electrons. The van der Waals surface area contributed by atoms with Crippen LogP contribution in [0, 0.1) is 0 Å². The van der Waals surface area contributed by atoms with E-state index in [-0.39, 0.29) is 0 Å². The summed E-state index contributed by atoms with van der Waals surface area (Å²) in [7, 11) is 0. The number of nitrogens with zero attached hydrogens (tertiary/aromatic N) is 1. The number of rotatable bonds is 1. The van der Waals surface area contributed by atoms with Crippen LogP contribution in [0.2, 0.25) is 0 Å². The third-order valence-corrected chi connectivity index (χ3v) is 3.32. The zero-order chi connectivity index (χ0) is 8.55. The molecule has 2 atom stereocenters. The minimum Gasteiger partial charge on any atom is -0.313 e. The minimum atomic E-state index is 0.734. The van der Waals surface area contributed by atoms with Crippen molar-refractivity contribution >= 4 is 0 Å². The van der Waals surface area contributed by atoms with Crippen molar-refractivity contribution in [3.8, 4) is 0 Å². The molecular weight excluding hydrogens is 148 g/mol. The first-order valence-corrected chi connectivity index (χ1v) is 5.26. The third kappa shape index (κ3) is 1.50. The Balaban J connectivity index is 2.06. The van der Waals surface area contributed by atoms with Crippen LogP contribution in [0.5, 0.6) is 0 Å². The Hall–Kier alpha value is -0.0800. The maximum atomic E-state index is 3.62. The Morgan fingerprint density at radius 3 is 2.83 bits per heavy atom. The quantitative estimate of drug-likeness (QED) is 0.633. The van der Waals surface area contributed by atoms with Gasteiger partial charge in [-0.05, 0) is 39.7 Å². The highest BCUT2D eigenvalue weighted by Crippen LogP contribution is 2.24. The Kier molecular flexibility index (Phi) is 2.37. The molecule has 3 aliphatic heterocycles. The summed E-state index contributed by atoms with van der Waals surface area (Å²) in [6.45, 7) is 7.16. The Bertz CT molecular complexity index is 152. The lowest BCUT2D eigenvalue weighted by molar-refractivity contribution is 0.108. The van der Waals surface area contributed by atoms with Gasteiger partial charge in [0.25, 0.3) is 0 Å². The second-order valence-electron chi connectivity index (χ2n) is 4.46. The molecule has 2 unspecified atom stereocenters. The molecule has 3 fully saturated rings. The molecule has 0 radical (unpaired) electrons. The molecule has 0 aromatic carbocycles. The largest absolute Gasteiger partial charge is 0.313 e. The molecule has 3 heterocycles. The van der Waals surface area contributed by atoms with Gasteiger partial charge in [-0.25, -0.2) is 0 Å². The summed E-state index contributed by atoms with van der Waals surface area (Å²) in [4.78, 5) is 2.67. The average Bonchev–Trinajstić information content (AvgIpc) is 2.36. The maximum Gasteiger partial charge on any atom is 0.0195 e. The number of hydrogen-bond donors (Lipinski definition) is 1. The van der Waals surface area contributed by atoms with E-state index >= 15 is 0 Å². The normalized spacial score (nSPS) is 37.2. The van der Waals surface area contributed by atoms with Crippen molar-refractivity contribution in [3.05, 3.63) is 0 Å². The minimum absolute atomic E-state index is 0.734. The molecule has 0 aromatic heterocycles. The van der Waals surface area contributed by atoms with Crippen LogP contribution >= 0.6 is 0 Å². The van der Waals surface area contributed by atoms with Crippen LogP contribution in [-0.4, -0.2) is 36.1 Å².